The molecule has 3 rings (SSSR count). The molecule has 0 aliphatic heterocycles. The number of carbonyl (C=O) groups is 1. The predicted molar refractivity (Wildman–Crippen MR) is 110 cm³/mol. The van der Waals surface area contributed by atoms with Gasteiger partial charge in [-0.05, 0) is 67.6 Å². The number of nitrogens with zero attached hydrogens (tertiary/aromatic N) is 1. The number of aryl methyl sites for hydroxylation is 1. The summed E-state index contributed by atoms with van der Waals surface area (Å²) in [6.45, 7) is 2.00. The molecule has 132 valence electrons. The second-order valence-corrected chi connectivity index (χ2v) is 6.46. The number of hydrogen-bond donors (Lipinski definition) is 2. The van der Waals surface area contributed by atoms with Crippen LogP contribution in [0.5, 0.6) is 0 Å². The summed E-state index contributed by atoms with van der Waals surface area (Å²) in [5.41, 5.74) is 5.70. The summed E-state index contributed by atoms with van der Waals surface area (Å²) >= 11 is 0. The molecule has 0 radical (unpaired) electrons. The van der Waals surface area contributed by atoms with E-state index in [2.05, 4.69) is 27.7 Å². The number of rotatable bonds is 5. The number of nitrogens with one attached hydrogen (secondary N) is 2. The van der Waals surface area contributed by atoms with Gasteiger partial charge >= 0.3 is 0 Å². The zero-order chi connectivity index (χ0) is 18.5. The van der Waals surface area contributed by atoms with Gasteiger partial charge in [0.15, 0.2) is 0 Å². The Bertz CT molecular complexity index is 867. The molecule has 0 heterocycles. The van der Waals surface area contributed by atoms with E-state index in [1.165, 1.54) is 0 Å². The minimum atomic E-state index is -0.106. The van der Waals surface area contributed by atoms with Gasteiger partial charge in [-0.3, -0.25) is 4.79 Å². The summed E-state index contributed by atoms with van der Waals surface area (Å²) in [6, 6.07) is 23.4. The molecule has 26 heavy (non-hydrogen) atoms. The molecular formula is C22H23N3O. The smallest absolute Gasteiger partial charge is 0.255 e. The van der Waals surface area contributed by atoms with Gasteiger partial charge in [-0.1, -0.05) is 17.7 Å². The maximum Gasteiger partial charge on any atom is 0.255 e. The summed E-state index contributed by atoms with van der Waals surface area (Å²) in [7, 11) is 4.04. The lowest BCUT2D eigenvalue weighted by molar-refractivity contribution is 0.102. The molecule has 0 bridgehead atoms. The molecule has 0 aliphatic rings. The van der Waals surface area contributed by atoms with Crippen molar-refractivity contribution in [2.75, 3.05) is 29.6 Å². The Labute approximate surface area is 154 Å². The van der Waals surface area contributed by atoms with E-state index in [-0.39, 0.29) is 5.91 Å². The van der Waals surface area contributed by atoms with Crippen molar-refractivity contribution >= 4 is 28.7 Å². The van der Waals surface area contributed by atoms with Crippen molar-refractivity contribution in [3.05, 3.63) is 83.9 Å². The second-order valence-electron chi connectivity index (χ2n) is 6.46. The van der Waals surface area contributed by atoms with E-state index < -0.39 is 0 Å². The number of amides is 1. The van der Waals surface area contributed by atoms with Crippen LogP contribution in [0.25, 0.3) is 0 Å². The number of carbonyl (C=O) groups excluding carboxylic acids is 1. The second kappa shape index (κ2) is 7.74. The van der Waals surface area contributed by atoms with Crippen molar-refractivity contribution in [3.8, 4) is 0 Å². The highest BCUT2D eigenvalue weighted by molar-refractivity contribution is 6.04. The minimum Gasteiger partial charge on any atom is -0.378 e. The highest BCUT2D eigenvalue weighted by Crippen LogP contribution is 2.21. The van der Waals surface area contributed by atoms with Gasteiger partial charge in [0.05, 0.1) is 0 Å². The van der Waals surface area contributed by atoms with Crippen molar-refractivity contribution in [3.63, 3.8) is 0 Å². The third-order valence-corrected chi connectivity index (χ3v) is 4.13. The molecule has 0 aromatic heterocycles. The first-order chi connectivity index (χ1) is 12.5. The maximum absolute atomic E-state index is 12.3. The van der Waals surface area contributed by atoms with Gasteiger partial charge in [0, 0.05) is 42.4 Å². The molecule has 2 N–H and O–H groups in total. The highest BCUT2D eigenvalue weighted by Gasteiger charge is 2.05. The SMILES string of the molecule is Cc1ccc(C(=O)Nc2ccc(Nc3ccc(N(C)C)cc3)cc2)cc1. The number of hydrogen-bond acceptors (Lipinski definition) is 3. The molecule has 1 amide bonds. The standard InChI is InChI=1S/C22H23N3O/c1-16-4-6-17(7-5-16)22(26)24-20-10-8-18(9-11-20)23-19-12-14-21(15-13-19)25(2)3/h4-15,23H,1-3H3,(H,24,26). The lowest BCUT2D eigenvalue weighted by atomic mass is 10.1. The minimum absolute atomic E-state index is 0.106. The molecule has 0 aliphatic carbocycles. The zero-order valence-corrected chi connectivity index (χ0v) is 15.3. The summed E-state index contributed by atoms with van der Waals surface area (Å²) in [4.78, 5) is 14.3. The molecule has 3 aromatic rings. The van der Waals surface area contributed by atoms with Gasteiger partial charge in [0.1, 0.15) is 0 Å². The van der Waals surface area contributed by atoms with Crippen LogP contribution in [0.15, 0.2) is 72.8 Å². The average Bonchev–Trinajstić information content (AvgIpc) is 2.64. The first-order valence-electron chi connectivity index (χ1n) is 8.54. The molecule has 0 atom stereocenters. The summed E-state index contributed by atoms with van der Waals surface area (Å²) in [6.07, 6.45) is 0. The summed E-state index contributed by atoms with van der Waals surface area (Å²) in [5.74, 6) is -0.106. The van der Waals surface area contributed by atoms with Crippen LogP contribution in [0.4, 0.5) is 22.7 Å². The van der Waals surface area contributed by atoms with E-state index in [9.17, 15) is 4.79 Å². The van der Waals surface area contributed by atoms with Crippen LogP contribution >= 0.6 is 0 Å². The van der Waals surface area contributed by atoms with Gasteiger partial charge in [0.25, 0.3) is 5.91 Å². The van der Waals surface area contributed by atoms with Crippen molar-refractivity contribution in [1.82, 2.24) is 0 Å². The zero-order valence-electron chi connectivity index (χ0n) is 15.3. The fourth-order valence-corrected chi connectivity index (χ4v) is 2.55. The Kier molecular flexibility index (Phi) is 5.23. The maximum atomic E-state index is 12.3. The fourth-order valence-electron chi connectivity index (χ4n) is 2.55. The van der Waals surface area contributed by atoms with E-state index in [4.69, 9.17) is 0 Å². The van der Waals surface area contributed by atoms with E-state index in [1.54, 1.807) is 0 Å². The predicted octanol–water partition coefficient (Wildman–Crippen LogP) is 5.06. The Hall–Kier alpha value is -3.27. The fraction of sp³-hybridized carbons (Fsp3) is 0.136. The molecule has 0 fully saturated rings. The van der Waals surface area contributed by atoms with Crippen molar-refractivity contribution < 1.29 is 4.79 Å². The largest absolute Gasteiger partial charge is 0.378 e. The lowest BCUT2D eigenvalue weighted by Crippen LogP contribution is -2.11. The van der Waals surface area contributed by atoms with Crippen LogP contribution in [0.2, 0.25) is 0 Å². The third-order valence-electron chi connectivity index (χ3n) is 4.13. The Morgan fingerprint density at radius 1 is 0.731 bits per heavy atom. The van der Waals surface area contributed by atoms with E-state index in [1.807, 2.05) is 81.7 Å². The van der Waals surface area contributed by atoms with Crippen LogP contribution in [0.1, 0.15) is 15.9 Å². The average molecular weight is 345 g/mol. The molecule has 0 saturated carbocycles. The molecule has 4 heteroatoms. The quantitative estimate of drug-likeness (QED) is 0.679. The van der Waals surface area contributed by atoms with Gasteiger partial charge in [-0.2, -0.15) is 0 Å². The van der Waals surface area contributed by atoms with Crippen molar-refractivity contribution in [1.29, 1.82) is 0 Å². The first kappa shape index (κ1) is 17.5. The van der Waals surface area contributed by atoms with E-state index >= 15 is 0 Å². The van der Waals surface area contributed by atoms with Crippen molar-refractivity contribution in [2.24, 2.45) is 0 Å². The van der Waals surface area contributed by atoms with Crippen molar-refractivity contribution in [2.45, 2.75) is 6.92 Å². The molecule has 0 saturated heterocycles. The monoisotopic (exact) mass is 345 g/mol. The van der Waals surface area contributed by atoms with Gasteiger partial charge in [0.2, 0.25) is 0 Å². The van der Waals surface area contributed by atoms with Crippen LogP contribution in [0, 0.1) is 6.92 Å². The normalized spacial score (nSPS) is 10.3. The Balaban J connectivity index is 1.62. The molecule has 3 aromatic carbocycles. The summed E-state index contributed by atoms with van der Waals surface area (Å²) < 4.78 is 0. The topological polar surface area (TPSA) is 44.4 Å². The van der Waals surface area contributed by atoms with Crippen LogP contribution < -0.4 is 15.5 Å². The van der Waals surface area contributed by atoms with Crippen LogP contribution in [0.3, 0.4) is 0 Å². The van der Waals surface area contributed by atoms with Crippen LogP contribution in [-0.2, 0) is 0 Å². The van der Waals surface area contributed by atoms with Gasteiger partial charge < -0.3 is 15.5 Å². The molecular weight excluding hydrogens is 322 g/mol. The number of benzene rings is 3. The van der Waals surface area contributed by atoms with E-state index in [0.29, 0.717) is 5.56 Å². The van der Waals surface area contributed by atoms with Gasteiger partial charge in [-0.15, -0.1) is 0 Å². The third kappa shape index (κ3) is 4.42. The Morgan fingerprint density at radius 3 is 1.77 bits per heavy atom. The lowest BCUT2D eigenvalue weighted by Gasteiger charge is -2.13. The highest BCUT2D eigenvalue weighted by atomic mass is 16.1. The first-order valence-corrected chi connectivity index (χ1v) is 8.54. The molecule has 0 spiro atoms. The van der Waals surface area contributed by atoms with Gasteiger partial charge in [-0.25, -0.2) is 0 Å². The molecule has 0 unspecified atom stereocenters. The van der Waals surface area contributed by atoms with E-state index in [0.717, 1.165) is 28.3 Å². The summed E-state index contributed by atoms with van der Waals surface area (Å²) in [5, 5.41) is 6.27. The molecule has 4 nitrogen and oxygen atoms in total. The number of anilines is 4. The van der Waals surface area contributed by atoms with Crippen LogP contribution in [-0.4, -0.2) is 20.0 Å². The Morgan fingerprint density at radius 2 is 1.23 bits per heavy atom.